The molecule has 1 aromatic carbocycles. The molecule has 0 aromatic heterocycles. The lowest BCUT2D eigenvalue weighted by molar-refractivity contribution is 0.561. The van der Waals surface area contributed by atoms with Gasteiger partial charge in [0.25, 0.3) is 0 Å². The number of ether oxygens (including phenoxy) is 1. The van der Waals surface area contributed by atoms with Crippen molar-refractivity contribution in [1.82, 2.24) is 0 Å². The highest BCUT2D eigenvalue weighted by atomic mass is 32.1. The predicted molar refractivity (Wildman–Crippen MR) is 45.3 cm³/mol. The Kier molecular flexibility index (Phi) is 2.40. The average Bonchev–Trinajstić information content (AvgIpc) is 1.88. The highest BCUT2D eigenvalue weighted by Gasteiger charge is 1.89. The Morgan fingerprint density at radius 3 is 2.40 bits per heavy atom. The van der Waals surface area contributed by atoms with Crippen LogP contribution in [-0.4, -0.2) is 5.05 Å². The van der Waals surface area contributed by atoms with E-state index in [4.69, 9.17) is 17.0 Å². The smallest absolute Gasteiger partial charge is 0.164 e. The number of benzene rings is 1. The first-order chi connectivity index (χ1) is 4.79. The molecule has 10 heavy (non-hydrogen) atoms. The summed E-state index contributed by atoms with van der Waals surface area (Å²) in [5.41, 5.74) is 0. The predicted octanol–water partition coefficient (Wildman–Crippen LogP) is 2.41. The van der Waals surface area contributed by atoms with Crippen molar-refractivity contribution in [3.8, 4) is 5.75 Å². The summed E-state index contributed by atoms with van der Waals surface area (Å²) < 4.78 is 5.15. The Balaban J connectivity index is 2.67. The molecule has 0 aliphatic rings. The van der Waals surface area contributed by atoms with Gasteiger partial charge in [0.05, 0.1) is 0 Å². The molecule has 1 aromatic rings. The van der Waals surface area contributed by atoms with Gasteiger partial charge >= 0.3 is 0 Å². The minimum absolute atomic E-state index is 0.547. The summed E-state index contributed by atoms with van der Waals surface area (Å²) in [5.74, 6) is 0.801. The van der Waals surface area contributed by atoms with Gasteiger partial charge in [0.2, 0.25) is 0 Å². The fraction of sp³-hybridized carbons (Fsp3) is 0.125. The van der Waals surface area contributed by atoms with Crippen molar-refractivity contribution in [2.75, 3.05) is 0 Å². The Labute approximate surface area is 65.6 Å². The normalized spacial score (nSPS) is 8.90. The average molecular weight is 152 g/mol. The van der Waals surface area contributed by atoms with Crippen LogP contribution < -0.4 is 4.74 Å². The second kappa shape index (κ2) is 3.32. The standard InChI is InChI=1S/C8H8OS/c1-7(10)9-8-5-3-2-4-6-8/h2-6H,1H3. The van der Waals surface area contributed by atoms with Gasteiger partial charge in [0.15, 0.2) is 5.05 Å². The molecule has 0 saturated heterocycles. The minimum Gasteiger partial charge on any atom is -0.451 e. The molecule has 0 radical (unpaired) electrons. The molecule has 0 aliphatic heterocycles. The first kappa shape index (κ1) is 7.22. The van der Waals surface area contributed by atoms with Gasteiger partial charge in [0, 0.05) is 6.92 Å². The molecule has 0 heterocycles. The van der Waals surface area contributed by atoms with E-state index in [1.54, 1.807) is 6.92 Å². The Bertz CT molecular complexity index is 218. The van der Waals surface area contributed by atoms with Crippen LogP contribution in [0.1, 0.15) is 6.92 Å². The molecule has 0 unspecified atom stereocenters. The van der Waals surface area contributed by atoms with Crippen LogP contribution in [0.2, 0.25) is 0 Å². The number of para-hydroxylation sites is 1. The Morgan fingerprint density at radius 2 is 1.90 bits per heavy atom. The maximum atomic E-state index is 5.15. The molecule has 52 valence electrons. The third-order valence-electron chi connectivity index (χ3n) is 1.00. The van der Waals surface area contributed by atoms with Crippen LogP contribution in [0.15, 0.2) is 30.3 Å². The summed E-state index contributed by atoms with van der Waals surface area (Å²) >= 11 is 4.76. The highest BCUT2D eigenvalue weighted by molar-refractivity contribution is 7.80. The quantitative estimate of drug-likeness (QED) is 0.571. The van der Waals surface area contributed by atoms with Crippen LogP contribution in [0, 0.1) is 0 Å². The fourth-order valence-electron chi connectivity index (χ4n) is 0.655. The van der Waals surface area contributed by atoms with Crippen LogP contribution >= 0.6 is 12.2 Å². The first-order valence-corrected chi connectivity index (χ1v) is 3.43. The van der Waals surface area contributed by atoms with Crippen LogP contribution in [0.3, 0.4) is 0 Å². The zero-order chi connectivity index (χ0) is 7.40. The highest BCUT2D eigenvalue weighted by Crippen LogP contribution is 2.08. The van der Waals surface area contributed by atoms with Crippen molar-refractivity contribution < 1.29 is 4.74 Å². The zero-order valence-corrected chi connectivity index (χ0v) is 6.52. The third-order valence-corrected chi connectivity index (χ3v) is 1.09. The first-order valence-electron chi connectivity index (χ1n) is 3.02. The number of thiocarbonyl (C=S) groups is 1. The van der Waals surface area contributed by atoms with E-state index in [0.29, 0.717) is 5.05 Å². The van der Waals surface area contributed by atoms with Crippen LogP contribution in [0.25, 0.3) is 0 Å². The van der Waals surface area contributed by atoms with E-state index in [-0.39, 0.29) is 0 Å². The van der Waals surface area contributed by atoms with Gasteiger partial charge < -0.3 is 4.74 Å². The number of hydrogen-bond donors (Lipinski definition) is 0. The van der Waals surface area contributed by atoms with Gasteiger partial charge in [-0.15, -0.1) is 0 Å². The maximum Gasteiger partial charge on any atom is 0.164 e. The lowest BCUT2D eigenvalue weighted by Crippen LogP contribution is -1.97. The molecule has 0 saturated carbocycles. The fourth-order valence-corrected chi connectivity index (χ4v) is 0.751. The third kappa shape index (κ3) is 2.15. The van der Waals surface area contributed by atoms with Crippen LogP contribution in [0.4, 0.5) is 0 Å². The van der Waals surface area contributed by atoms with E-state index in [1.807, 2.05) is 30.3 Å². The molecule has 0 amide bonds. The molecule has 0 spiro atoms. The van der Waals surface area contributed by atoms with E-state index >= 15 is 0 Å². The maximum absolute atomic E-state index is 5.15. The lowest BCUT2D eigenvalue weighted by Gasteiger charge is -2.00. The molecule has 1 rings (SSSR count). The van der Waals surface area contributed by atoms with Gasteiger partial charge in [-0.1, -0.05) is 18.2 Å². The van der Waals surface area contributed by atoms with Crippen LogP contribution in [-0.2, 0) is 0 Å². The van der Waals surface area contributed by atoms with Gasteiger partial charge in [-0.25, -0.2) is 0 Å². The van der Waals surface area contributed by atoms with Gasteiger partial charge in [-0.3, -0.25) is 0 Å². The summed E-state index contributed by atoms with van der Waals surface area (Å²) in [6, 6.07) is 9.50. The lowest BCUT2D eigenvalue weighted by atomic mass is 10.3. The summed E-state index contributed by atoms with van der Waals surface area (Å²) in [6.45, 7) is 1.75. The van der Waals surface area contributed by atoms with Gasteiger partial charge in [-0.2, -0.15) is 0 Å². The number of hydrogen-bond acceptors (Lipinski definition) is 2. The molecule has 0 bridgehead atoms. The summed E-state index contributed by atoms with van der Waals surface area (Å²) in [4.78, 5) is 0. The molecule has 0 N–H and O–H groups in total. The molecular formula is C8H8OS. The van der Waals surface area contributed by atoms with Crippen molar-refractivity contribution in [3.63, 3.8) is 0 Å². The molecule has 0 fully saturated rings. The summed E-state index contributed by atoms with van der Waals surface area (Å²) in [7, 11) is 0. The Morgan fingerprint density at radius 1 is 1.30 bits per heavy atom. The van der Waals surface area contributed by atoms with Gasteiger partial charge in [-0.05, 0) is 24.4 Å². The molecular weight excluding hydrogens is 144 g/mol. The van der Waals surface area contributed by atoms with Crippen molar-refractivity contribution in [2.24, 2.45) is 0 Å². The number of rotatable bonds is 1. The second-order valence-electron chi connectivity index (χ2n) is 1.91. The SMILES string of the molecule is CC(=S)Oc1ccccc1. The van der Waals surface area contributed by atoms with E-state index in [2.05, 4.69) is 0 Å². The molecule has 0 atom stereocenters. The largest absolute Gasteiger partial charge is 0.451 e. The summed E-state index contributed by atoms with van der Waals surface area (Å²) in [6.07, 6.45) is 0. The Hall–Kier alpha value is -0.890. The van der Waals surface area contributed by atoms with Gasteiger partial charge in [0.1, 0.15) is 5.75 Å². The molecule has 0 aliphatic carbocycles. The summed E-state index contributed by atoms with van der Waals surface area (Å²) in [5, 5.41) is 0.547. The zero-order valence-electron chi connectivity index (χ0n) is 5.70. The van der Waals surface area contributed by atoms with Crippen molar-refractivity contribution in [2.45, 2.75) is 6.92 Å². The molecule has 2 heteroatoms. The van der Waals surface area contributed by atoms with Crippen molar-refractivity contribution in [3.05, 3.63) is 30.3 Å². The monoisotopic (exact) mass is 152 g/mol. The van der Waals surface area contributed by atoms with E-state index < -0.39 is 0 Å². The van der Waals surface area contributed by atoms with Crippen LogP contribution in [0.5, 0.6) is 5.75 Å². The topological polar surface area (TPSA) is 9.23 Å². The van der Waals surface area contributed by atoms with E-state index in [9.17, 15) is 0 Å². The minimum atomic E-state index is 0.547. The second-order valence-corrected chi connectivity index (χ2v) is 2.48. The van der Waals surface area contributed by atoms with E-state index in [1.165, 1.54) is 0 Å². The van der Waals surface area contributed by atoms with Crippen molar-refractivity contribution >= 4 is 17.3 Å². The molecule has 1 nitrogen and oxygen atoms in total. The van der Waals surface area contributed by atoms with E-state index in [0.717, 1.165) is 5.75 Å². The van der Waals surface area contributed by atoms with Crippen molar-refractivity contribution in [1.29, 1.82) is 0 Å².